The number of aliphatic hydroxyl groups is 1. The van der Waals surface area contributed by atoms with Crippen LogP contribution in [-0.4, -0.2) is 25.8 Å². The molecule has 0 amide bonds. The van der Waals surface area contributed by atoms with Gasteiger partial charge in [0.15, 0.2) is 11.6 Å². The van der Waals surface area contributed by atoms with Crippen molar-refractivity contribution < 1.29 is 27.9 Å². The summed E-state index contributed by atoms with van der Waals surface area (Å²) in [6, 6.07) is 6.92. The molecule has 1 aliphatic carbocycles. The van der Waals surface area contributed by atoms with Gasteiger partial charge in [0.25, 0.3) is 5.56 Å². The van der Waals surface area contributed by atoms with E-state index in [0.717, 1.165) is 22.8 Å². The molecule has 7 nitrogen and oxygen atoms in total. The van der Waals surface area contributed by atoms with Crippen molar-refractivity contribution in [1.29, 1.82) is 0 Å². The maximum atomic E-state index is 13.6. The van der Waals surface area contributed by atoms with Crippen molar-refractivity contribution >= 4 is 28.2 Å². The molecule has 1 N–H and O–H groups in total. The van der Waals surface area contributed by atoms with Gasteiger partial charge >= 0.3 is 11.9 Å². The van der Waals surface area contributed by atoms with E-state index in [4.69, 9.17) is 0 Å². The lowest BCUT2D eigenvalue weighted by atomic mass is 9.88. The summed E-state index contributed by atoms with van der Waals surface area (Å²) in [5.74, 6) is -1.64. The second kappa shape index (κ2) is 8.12. The average molecular weight is 472 g/mol. The first kappa shape index (κ1) is 23.2. The van der Waals surface area contributed by atoms with E-state index >= 15 is 0 Å². The number of aliphatic hydroxyl groups excluding tert-OH is 1. The number of aromatic nitrogens is 2. The van der Waals surface area contributed by atoms with Gasteiger partial charge in [-0.15, -0.1) is 0 Å². The molecule has 0 bridgehead atoms. The number of nitrogens with zero attached hydrogens (tertiary/aromatic N) is 2. The molecule has 176 valence electrons. The molecular weight excluding hydrogens is 453 g/mol. The monoisotopic (exact) mass is 472 g/mol. The van der Waals surface area contributed by atoms with Crippen LogP contribution in [0.15, 0.2) is 51.6 Å². The van der Waals surface area contributed by atoms with Gasteiger partial charge in [-0.25, -0.2) is 9.36 Å². The normalized spacial score (nSPS) is 14.7. The molecule has 1 aromatic heterocycles. The van der Waals surface area contributed by atoms with Crippen molar-refractivity contribution in [3.05, 3.63) is 79.5 Å². The fourth-order valence-corrected chi connectivity index (χ4v) is 4.29. The Morgan fingerprint density at radius 2 is 1.59 bits per heavy atom. The van der Waals surface area contributed by atoms with E-state index < -0.39 is 46.0 Å². The largest absolute Gasteiger partial charge is 0.506 e. The summed E-state index contributed by atoms with van der Waals surface area (Å²) < 4.78 is 42.3. The van der Waals surface area contributed by atoms with Crippen molar-refractivity contribution in [2.75, 3.05) is 0 Å². The topological polar surface area (TPSA) is 98.4 Å². The van der Waals surface area contributed by atoms with Gasteiger partial charge in [0.1, 0.15) is 11.3 Å². The van der Waals surface area contributed by atoms with Crippen LogP contribution in [0.5, 0.6) is 0 Å². The number of halogens is 3. The van der Waals surface area contributed by atoms with E-state index in [1.165, 1.54) is 32.2 Å². The molecule has 3 aromatic rings. The lowest BCUT2D eigenvalue weighted by molar-refractivity contribution is -0.137. The van der Waals surface area contributed by atoms with Crippen LogP contribution < -0.4 is 11.2 Å². The Morgan fingerprint density at radius 1 is 0.971 bits per heavy atom. The van der Waals surface area contributed by atoms with E-state index in [-0.39, 0.29) is 40.4 Å². The van der Waals surface area contributed by atoms with Crippen LogP contribution in [-0.2, 0) is 22.8 Å². The standard InChI is InChI=1S/C24H19F3N2O5/c1-12-13(21(32)20-17(30)8-5-9-18(20)31)10-11-16-19(12)22(33)29(23(34)28(16)2)15-7-4-3-6-14(15)24(25,26)27/h3-4,6-7,10-11,32H,5,8-9H2,1-2H3. The number of hydrogen-bond donors (Lipinski definition) is 1. The van der Waals surface area contributed by atoms with Crippen LogP contribution >= 0.6 is 0 Å². The number of para-hydroxylation sites is 1. The minimum atomic E-state index is -4.82. The van der Waals surface area contributed by atoms with Gasteiger partial charge in [0.2, 0.25) is 0 Å². The number of fused-ring (bicyclic) bond motifs is 1. The predicted octanol–water partition coefficient (Wildman–Crippen LogP) is 3.61. The third kappa shape index (κ3) is 3.55. The first-order valence-corrected chi connectivity index (χ1v) is 10.4. The number of carbonyl (C=O) groups excluding carboxylic acids is 2. The molecule has 10 heteroatoms. The van der Waals surface area contributed by atoms with Crippen LogP contribution in [0.25, 0.3) is 22.3 Å². The molecule has 0 unspecified atom stereocenters. The SMILES string of the molecule is Cc1c(C(O)=C2C(=O)CCCC2=O)ccc2c1c(=O)n(-c1ccccc1C(F)(F)F)c(=O)n2C. The summed E-state index contributed by atoms with van der Waals surface area (Å²) >= 11 is 0. The van der Waals surface area contributed by atoms with E-state index in [1.807, 2.05) is 0 Å². The van der Waals surface area contributed by atoms with Gasteiger partial charge in [-0.3, -0.25) is 19.0 Å². The number of hydrogen-bond acceptors (Lipinski definition) is 5. The number of rotatable bonds is 2. The third-order valence-corrected chi connectivity index (χ3v) is 6.01. The Bertz CT molecular complexity index is 1510. The first-order chi connectivity index (χ1) is 15.9. The van der Waals surface area contributed by atoms with Gasteiger partial charge < -0.3 is 5.11 Å². The lowest BCUT2D eigenvalue weighted by Gasteiger charge is -2.18. The Hall–Kier alpha value is -3.95. The van der Waals surface area contributed by atoms with Crippen molar-refractivity contribution in [2.45, 2.75) is 32.4 Å². The zero-order valence-electron chi connectivity index (χ0n) is 18.2. The van der Waals surface area contributed by atoms with Gasteiger partial charge in [-0.2, -0.15) is 13.2 Å². The molecule has 1 heterocycles. The summed E-state index contributed by atoms with van der Waals surface area (Å²) in [6.45, 7) is 1.43. The highest BCUT2D eigenvalue weighted by Gasteiger charge is 2.35. The molecule has 2 aromatic carbocycles. The fourth-order valence-electron chi connectivity index (χ4n) is 4.29. The number of Topliss-reactive ketones (excluding diaryl/α,β-unsaturated/α-hetero) is 2. The number of ketones is 2. The highest BCUT2D eigenvalue weighted by atomic mass is 19.4. The Kier molecular flexibility index (Phi) is 5.55. The van der Waals surface area contributed by atoms with Crippen LogP contribution in [0, 0.1) is 6.92 Å². The number of benzene rings is 2. The number of aryl methyl sites for hydroxylation is 2. The smallest absolute Gasteiger partial charge is 0.418 e. The fraction of sp³-hybridized carbons (Fsp3) is 0.250. The third-order valence-electron chi connectivity index (χ3n) is 6.01. The zero-order chi connectivity index (χ0) is 24.9. The number of allylic oxidation sites excluding steroid dienone is 1. The Balaban J connectivity index is 2.09. The van der Waals surface area contributed by atoms with Gasteiger partial charge in [-0.1, -0.05) is 12.1 Å². The molecule has 0 atom stereocenters. The quantitative estimate of drug-likeness (QED) is 0.349. The summed E-state index contributed by atoms with van der Waals surface area (Å²) in [7, 11) is 1.31. The summed E-state index contributed by atoms with van der Waals surface area (Å²) in [5, 5.41) is 10.7. The first-order valence-electron chi connectivity index (χ1n) is 10.4. The van der Waals surface area contributed by atoms with Crippen LogP contribution in [0.1, 0.15) is 36.0 Å². The second-order valence-corrected chi connectivity index (χ2v) is 8.05. The molecule has 0 saturated heterocycles. The summed E-state index contributed by atoms with van der Waals surface area (Å²) in [4.78, 5) is 50.9. The molecule has 4 rings (SSSR count). The molecule has 34 heavy (non-hydrogen) atoms. The summed E-state index contributed by atoms with van der Waals surface area (Å²) in [5.41, 5.74) is -3.91. The molecule has 0 spiro atoms. The Morgan fingerprint density at radius 3 is 2.21 bits per heavy atom. The number of alkyl halides is 3. The molecule has 1 saturated carbocycles. The van der Waals surface area contributed by atoms with Crippen molar-refractivity contribution in [1.82, 2.24) is 9.13 Å². The summed E-state index contributed by atoms with van der Waals surface area (Å²) in [6.07, 6.45) is -4.27. The number of carbonyl (C=O) groups is 2. The highest BCUT2D eigenvalue weighted by molar-refractivity contribution is 6.25. The highest BCUT2D eigenvalue weighted by Crippen LogP contribution is 2.33. The molecular formula is C24H19F3N2O5. The van der Waals surface area contributed by atoms with E-state index in [9.17, 15) is 37.5 Å². The molecule has 1 fully saturated rings. The van der Waals surface area contributed by atoms with Crippen LogP contribution in [0.2, 0.25) is 0 Å². The zero-order valence-corrected chi connectivity index (χ0v) is 18.2. The van der Waals surface area contributed by atoms with Crippen molar-refractivity contribution in [2.24, 2.45) is 7.05 Å². The van der Waals surface area contributed by atoms with E-state index in [1.54, 1.807) is 0 Å². The molecule has 1 aliphatic rings. The van der Waals surface area contributed by atoms with Crippen molar-refractivity contribution in [3.8, 4) is 5.69 Å². The minimum Gasteiger partial charge on any atom is -0.506 e. The van der Waals surface area contributed by atoms with Gasteiger partial charge in [0, 0.05) is 25.5 Å². The van der Waals surface area contributed by atoms with E-state index in [0.29, 0.717) is 11.0 Å². The maximum Gasteiger partial charge on any atom is 0.418 e. The predicted molar refractivity (Wildman–Crippen MR) is 118 cm³/mol. The van der Waals surface area contributed by atoms with Crippen LogP contribution in [0.3, 0.4) is 0 Å². The Labute approximate surface area is 190 Å². The van der Waals surface area contributed by atoms with Gasteiger partial charge in [0.05, 0.1) is 22.2 Å². The molecule has 0 aliphatic heterocycles. The lowest BCUT2D eigenvalue weighted by Crippen LogP contribution is -2.39. The van der Waals surface area contributed by atoms with E-state index in [2.05, 4.69) is 0 Å². The molecule has 0 radical (unpaired) electrons. The van der Waals surface area contributed by atoms with Crippen LogP contribution in [0.4, 0.5) is 13.2 Å². The average Bonchev–Trinajstić information content (AvgIpc) is 2.77. The van der Waals surface area contributed by atoms with Crippen molar-refractivity contribution in [3.63, 3.8) is 0 Å². The second-order valence-electron chi connectivity index (χ2n) is 8.05. The maximum absolute atomic E-state index is 13.6. The van der Waals surface area contributed by atoms with Gasteiger partial charge in [-0.05, 0) is 43.2 Å². The minimum absolute atomic E-state index is 0.0116.